The molecular formula is C11H11FO2. The summed E-state index contributed by atoms with van der Waals surface area (Å²) in [6.07, 6.45) is 1.15. The van der Waals surface area contributed by atoms with Crippen LogP contribution in [-0.4, -0.2) is 12.6 Å². The molecule has 0 spiro atoms. The Hall–Kier alpha value is -1.64. The van der Waals surface area contributed by atoms with Crippen molar-refractivity contribution in [3.63, 3.8) is 0 Å². The van der Waals surface area contributed by atoms with E-state index in [0.29, 0.717) is 5.56 Å². The van der Waals surface area contributed by atoms with E-state index in [1.807, 2.05) is 6.07 Å². The number of benzene rings is 1. The van der Waals surface area contributed by atoms with Crippen LogP contribution in [-0.2, 0) is 9.53 Å². The Balaban J connectivity index is 2.74. The molecule has 0 bridgehead atoms. The molecule has 0 saturated carbocycles. The van der Waals surface area contributed by atoms with Gasteiger partial charge in [0.05, 0.1) is 6.61 Å². The fraction of sp³-hybridized carbons (Fsp3) is 0.182. The van der Waals surface area contributed by atoms with Gasteiger partial charge in [-0.1, -0.05) is 30.3 Å². The maximum absolute atomic E-state index is 13.1. The van der Waals surface area contributed by atoms with E-state index in [-0.39, 0.29) is 6.61 Å². The van der Waals surface area contributed by atoms with Crippen molar-refractivity contribution >= 4 is 12.0 Å². The van der Waals surface area contributed by atoms with Crippen LogP contribution in [0.25, 0.3) is 6.08 Å². The van der Waals surface area contributed by atoms with Crippen LogP contribution < -0.4 is 0 Å². The quantitative estimate of drug-likeness (QED) is 0.546. The van der Waals surface area contributed by atoms with Crippen LogP contribution in [0.3, 0.4) is 0 Å². The molecule has 74 valence electrons. The topological polar surface area (TPSA) is 26.3 Å². The van der Waals surface area contributed by atoms with Crippen molar-refractivity contribution in [2.45, 2.75) is 6.92 Å². The third-order valence-electron chi connectivity index (χ3n) is 1.56. The van der Waals surface area contributed by atoms with E-state index in [9.17, 15) is 9.18 Å². The minimum atomic E-state index is -0.920. The summed E-state index contributed by atoms with van der Waals surface area (Å²) in [7, 11) is 0. The zero-order valence-corrected chi connectivity index (χ0v) is 7.87. The normalized spacial score (nSPS) is 11.1. The van der Waals surface area contributed by atoms with Crippen LogP contribution in [0.4, 0.5) is 4.39 Å². The molecule has 0 fully saturated rings. The standard InChI is InChI=1S/C11H11FO2/c1-2-14-11(13)10(12)8-9-6-4-3-5-7-9/h3-8H,2H2,1H3/b10-8+. The highest BCUT2D eigenvalue weighted by Crippen LogP contribution is 2.08. The molecular weight excluding hydrogens is 183 g/mol. The van der Waals surface area contributed by atoms with Gasteiger partial charge < -0.3 is 4.74 Å². The molecule has 0 N–H and O–H groups in total. The Labute approximate surface area is 82.0 Å². The van der Waals surface area contributed by atoms with Crippen molar-refractivity contribution < 1.29 is 13.9 Å². The lowest BCUT2D eigenvalue weighted by Crippen LogP contribution is -2.03. The Bertz CT molecular complexity index is 330. The average molecular weight is 194 g/mol. The maximum Gasteiger partial charge on any atom is 0.367 e. The van der Waals surface area contributed by atoms with Crippen LogP contribution in [0.1, 0.15) is 12.5 Å². The van der Waals surface area contributed by atoms with Gasteiger partial charge in [0, 0.05) is 0 Å². The molecule has 0 saturated heterocycles. The highest BCUT2D eigenvalue weighted by Gasteiger charge is 2.08. The zero-order chi connectivity index (χ0) is 10.4. The molecule has 0 aliphatic rings. The van der Waals surface area contributed by atoms with E-state index < -0.39 is 11.8 Å². The summed E-state index contributed by atoms with van der Waals surface area (Å²) in [6, 6.07) is 8.77. The molecule has 0 amide bonds. The van der Waals surface area contributed by atoms with Crippen LogP contribution in [0, 0.1) is 0 Å². The van der Waals surface area contributed by atoms with E-state index in [0.717, 1.165) is 6.08 Å². The number of rotatable bonds is 3. The van der Waals surface area contributed by atoms with Gasteiger partial charge in [-0.2, -0.15) is 4.39 Å². The van der Waals surface area contributed by atoms with Crippen molar-refractivity contribution in [2.75, 3.05) is 6.61 Å². The maximum atomic E-state index is 13.1. The van der Waals surface area contributed by atoms with Gasteiger partial charge in [0.1, 0.15) is 0 Å². The number of hydrogen-bond acceptors (Lipinski definition) is 2. The first kappa shape index (κ1) is 10.4. The minimum absolute atomic E-state index is 0.175. The molecule has 2 nitrogen and oxygen atoms in total. The molecule has 0 atom stereocenters. The van der Waals surface area contributed by atoms with E-state index in [4.69, 9.17) is 0 Å². The number of halogens is 1. The minimum Gasteiger partial charge on any atom is -0.461 e. The monoisotopic (exact) mass is 194 g/mol. The summed E-state index contributed by atoms with van der Waals surface area (Å²) < 4.78 is 17.5. The number of esters is 1. The largest absolute Gasteiger partial charge is 0.461 e. The molecule has 0 aliphatic heterocycles. The van der Waals surface area contributed by atoms with Gasteiger partial charge >= 0.3 is 5.97 Å². The third-order valence-corrected chi connectivity index (χ3v) is 1.56. The van der Waals surface area contributed by atoms with Gasteiger partial charge in [0.2, 0.25) is 5.83 Å². The van der Waals surface area contributed by atoms with Gasteiger partial charge in [0.25, 0.3) is 0 Å². The molecule has 1 aromatic carbocycles. The summed E-state index contributed by atoms with van der Waals surface area (Å²) in [5, 5.41) is 0. The van der Waals surface area contributed by atoms with Crippen molar-refractivity contribution in [1.82, 2.24) is 0 Å². The smallest absolute Gasteiger partial charge is 0.367 e. The van der Waals surface area contributed by atoms with Gasteiger partial charge in [-0.15, -0.1) is 0 Å². The average Bonchev–Trinajstić information content (AvgIpc) is 2.19. The lowest BCUT2D eigenvalue weighted by Gasteiger charge is -1.98. The Morgan fingerprint density at radius 2 is 2.07 bits per heavy atom. The van der Waals surface area contributed by atoms with Crippen molar-refractivity contribution in [1.29, 1.82) is 0 Å². The van der Waals surface area contributed by atoms with E-state index in [1.165, 1.54) is 0 Å². The van der Waals surface area contributed by atoms with Crippen LogP contribution in [0.5, 0.6) is 0 Å². The molecule has 14 heavy (non-hydrogen) atoms. The van der Waals surface area contributed by atoms with Crippen LogP contribution >= 0.6 is 0 Å². The summed E-state index contributed by atoms with van der Waals surface area (Å²) in [5.41, 5.74) is 0.637. The second-order valence-corrected chi connectivity index (χ2v) is 2.62. The first-order valence-corrected chi connectivity index (χ1v) is 4.33. The second kappa shape index (κ2) is 5.17. The molecule has 3 heteroatoms. The second-order valence-electron chi connectivity index (χ2n) is 2.62. The molecule has 1 rings (SSSR count). The Morgan fingerprint density at radius 3 is 2.64 bits per heavy atom. The molecule has 0 radical (unpaired) electrons. The number of carbonyl (C=O) groups excluding carboxylic acids is 1. The highest BCUT2D eigenvalue weighted by atomic mass is 19.1. The fourth-order valence-electron chi connectivity index (χ4n) is 0.955. The number of hydrogen-bond donors (Lipinski definition) is 0. The molecule has 0 aliphatic carbocycles. The fourth-order valence-corrected chi connectivity index (χ4v) is 0.955. The number of carbonyl (C=O) groups is 1. The number of ether oxygens (including phenoxy) is 1. The van der Waals surface area contributed by atoms with Crippen molar-refractivity contribution in [2.24, 2.45) is 0 Å². The SMILES string of the molecule is CCOC(=O)/C(F)=C\c1ccccc1. The van der Waals surface area contributed by atoms with Gasteiger partial charge in [-0.25, -0.2) is 4.79 Å². The third kappa shape index (κ3) is 3.01. The van der Waals surface area contributed by atoms with Crippen LogP contribution in [0.15, 0.2) is 36.2 Å². The molecule has 0 aromatic heterocycles. The van der Waals surface area contributed by atoms with Gasteiger partial charge in [0.15, 0.2) is 0 Å². The summed E-state index contributed by atoms with van der Waals surface area (Å²) in [4.78, 5) is 10.9. The van der Waals surface area contributed by atoms with E-state index >= 15 is 0 Å². The summed E-state index contributed by atoms with van der Waals surface area (Å²) in [6.45, 7) is 1.81. The van der Waals surface area contributed by atoms with Gasteiger partial charge in [-0.05, 0) is 18.6 Å². The molecule has 0 unspecified atom stereocenters. The van der Waals surface area contributed by atoms with Crippen molar-refractivity contribution in [3.8, 4) is 0 Å². The van der Waals surface area contributed by atoms with Gasteiger partial charge in [-0.3, -0.25) is 0 Å². The summed E-state index contributed by atoms with van der Waals surface area (Å²) in [5.74, 6) is -1.80. The lowest BCUT2D eigenvalue weighted by molar-refractivity contribution is -0.140. The first-order chi connectivity index (χ1) is 6.74. The molecule has 1 aromatic rings. The van der Waals surface area contributed by atoms with Crippen LogP contribution in [0.2, 0.25) is 0 Å². The van der Waals surface area contributed by atoms with E-state index in [1.54, 1.807) is 31.2 Å². The predicted molar refractivity (Wildman–Crippen MR) is 52.2 cm³/mol. The van der Waals surface area contributed by atoms with Crippen molar-refractivity contribution in [3.05, 3.63) is 41.7 Å². The lowest BCUT2D eigenvalue weighted by atomic mass is 10.2. The highest BCUT2D eigenvalue weighted by molar-refractivity contribution is 5.91. The molecule has 0 heterocycles. The Kier molecular flexibility index (Phi) is 3.85. The Morgan fingerprint density at radius 1 is 1.43 bits per heavy atom. The summed E-state index contributed by atoms with van der Waals surface area (Å²) >= 11 is 0. The predicted octanol–water partition coefficient (Wildman–Crippen LogP) is 2.56. The zero-order valence-electron chi connectivity index (χ0n) is 7.87. The van der Waals surface area contributed by atoms with E-state index in [2.05, 4.69) is 4.74 Å². The first-order valence-electron chi connectivity index (χ1n) is 4.33.